The molecule has 8 aromatic rings. The topological polar surface area (TPSA) is 164 Å². The number of imidazole rings is 2. The van der Waals surface area contributed by atoms with E-state index < -0.39 is 5.97 Å². The van der Waals surface area contributed by atoms with Gasteiger partial charge in [-0.1, -0.05) is 199 Å². The highest BCUT2D eigenvalue weighted by Crippen LogP contribution is 2.41. The number of carboxylic acids is 1. The number of carbonyl (C=O) groups is 4. The molecular formula is C68H80N8O6. The SMILES string of the molecule is CC(C)(C)[C@H](c1nc(-c2ccccc2)cn1Cc1ccccc1)N(CCCNCC(=O)O)C(=O)c1ccccc1.CCOC(=O)CNCCCN(C(=O)c1ccccc1)[C@@H](c1nc(-c2ccccc2)cn1Cc1ccccc1)C(C)(C)C. The van der Waals surface area contributed by atoms with E-state index in [1.807, 2.05) is 155 Å². The standard InChI is InChI=1S/C35H42N4O3.C33H38N4O3/c1-5-42-31(40)24-36-22-15-23-39(34(41)29-20-13-8-14-21-29)32(35(2,3)4)33-37-30(28-18-11-7-12-19-28)26-38(33)25-27-16-9-6-10-17-27;1-33(2,3)30(37(21-13-20-34-22-29(38)39)32(40)27-18-11-6-12-19-27)31-35-28(26-16-9-5-10-17-26)24-36(31)23-25-14-7-4-8-15-25/h6-14,16-21,26,32,36H,5,15,22-25H2,1-4H3;4-12,14-19,24,30,34H,13,20-23H2,1-3H3,(H,38,39)/t32-;30-/m00/s1. The highest BCUT2D eigenvalue weighted by molar-refractivity contribution is 5.95. The van der Waals surface area contributed by atoms with Gasteiger partial charge >= 0.3 is 11.9 Å². The minimum absolute atomic E-state index is 0.0450. The van der Waals surface area contributed by atoms with Gasteiger partial charge in [-0.2, -0.15) is 0 Å². The zero-order valence-electron chi connectivity index (χ0n) is 48.6. The molecule has 14 heteroatoms. The fourth-order valence-corrected chi connectivity index (χ4v) is 10.1. The minimum atomic E-state index is -0.902. The highest BCUT2D eigenvalue weighted by atomic mass is 16.5. The van der Waals surface area contributed by atoms with E-state index >= 15 is 0 Å². The third kappa shape index (κ3) is 17.5. The molecule has 2 aromatic heterocycles. The molecule has 14 nitrogen and oxygen atoms in total. The molecule has 0 unspecified atom stereocenters. The summed E-state index contributed by atoms with van der Waals surface area (Å²) in [5.41, 5.74) is 6.64. The van der Waals surface area contributed by atoms with Crippen LogP contribution in [0, 0.1) is 10.8 Å². The van der Waals surface area contributed by atoms with E-state index in [2.05, 4.69) is 110 Å². The largest absolute Gasteiger partial charge is 0.480 e. The number of hydrogen-bond donors (Lipinski definition) is 3. The van der Waals surface area contributed by atoms with Crippen molar-refractivity contribution in [3.8, 4) is 22.5 Å². The second-order valence-corrected chi connectivity index (χ2v) is 22.5. The molecule has 428 valence electrons. The molecule has 0 saturated heterocycles. The van der Waals surface area contributed by atoms with Crippen molar-refractivity contribution in [3.05, 3.63) is 228 Å². The van der Waals surface area contributed by atoms with E-state index in [1.165, 1.54) is 0 Å². The monoisotopic (exact) mass is 1100 g/mol. The van der Waals surface area contributed by atoms with Crippen molar-refractivity contribution in [2.24, 2.45) is 10.8 Å². The van der Waals surface area contributed by atoms with E-state index in [4.69, 9.17) is 19.8 Å². The van der Waals surface area contributed by atoms with Crippen LogP contribution in [0.25, 0.3) is 22.5 Å². The van der Waals surface area contributed by atoms with E-state index in [-0.39, 0.29) is 53.8 Å². The van der Waals surface area contributed by atoms with Crippen molar-refractivity contribution < 1.29 is 29.0 Å². The molecule has 3 N–H and O–H groups in total. The molecule has 0 aliphatic rings. The van der Waals surface area contributed by atoms with Crippen LogP contribution in [-0.4, -0.2) is 104 Å². The lowest BCUT2D eigenvalue weighted by Gasteiger charge is -2.40. The van der Waals surface area contributed by atoms with E-state index in [1.54, 1.807) is 6.92 Å². The number of aliphatic carboxylic acids is 1. The second-order valence-electron chi connectivity index (χ2n) is 22.5. The number of carboxylic acid groups (broad SMARTS) is 1. The smallest absolute Gasteiger partial charge is 0.319 e. The molecule has 2 heterocycles. The average molecular weight is 1110 g/mol. The third-order valence-corrected chi connectivity index (χ3v) is 13.8. The van der Waals surface area contributed by atoms with Gasteiger partial charge in [-0.05, 0) is 79.1 Å². The van der Waals surface area contributed by atoms with Gasteiger partial charge in [0.05, 0.1) is 43.2 Å². The second kappa shape index (κ2) is 29.8. The van der Waals surface area contributed by atoms with Gasteiger partial charge in [0.1, 0.15) is 11.6 Å². The maximum absolute atomic E-state index is 14.2. The summed E-state index contributed by atoms with van der Waals surface area (Å²) in [7, 11) is 0. The molecular weight excluding hydrogens is 1020 g/mol. The highest BCUT2D eigenvalue weighted by Gasteiger charge is 2.40. The van der Waals surface area contributed by atoms with Crippen molar-refractivity contribution in [2.45, 2.75) is 86.5 Å². The van der Waals surface area contributed by atoms with Crippen LogP contribution in [0.4, 0.5) is 0 Å². The van der Waals surface area contributed by atoms with Gasteiger partial charge in [0.2, 0.25) is 0 Å². The number of nitrogens with zero attached hydrogens (tertiary/aromatic N) is 6. The van der Waals surface area contributed by atoms with Crippen LogP contribution >= 0.6 is 0 Å². The first kappa shape index (κ1) is 61.2. The molecule has 82 heavy (non-hydrogen) atoms. The zero-order chi connectivity index (χ0) is 58.5. The molecule has 8 rings (SSSR count). The molecule has 0 saturated carbocycles. The average Bonchev–Trinajstić information content (AvgIpc) is 3.55. The Balaban J connectivity index is 0.000000236. The number of nitrogens with one attached hydrogen (secondary N) is 2. The summed E-state index contributed by atoms with van der Waals surface area (Å²) in [6.07, 6.45) is 5.44. The number of esters is 1. The maximum atomic E-state index is 14.2. The van der Waals surface area contributed by atoms with Gasteiger partial charge in [-0.25, -0.2) is 9.97 Å². The predicted octanol–water partition coefficient (Wildman–Crippen LogP) is 12.3. The summed E-state index contributed by atoms with van der Waals surface area (Å²) in [5.74, 6) is 0.359. The van der Waals surface area contributed by atoms with Crippen LogP contribution < -0.4 is 10.6 Å². The normalized spacial score (nSPS) is 12.1. The lowest BCUT2D eigenvalue weighted by molar-refractivity contribution is -0.142. The summed E-state index contributed by atoms with van der Waals surface area (Å²) >= 11 is 0. The fraction of sp³-hybridized carbons (Fsp3) is 0.324. The Morgan fingerprint density at radius 3 is 1.20 bits per heavy atom. The van der Waals surface area contributed by atoms with Crippen molar-refractivity contribution in [1.29, 1.82) is 0 Å². The summed E-state index contributed by atoms with van der Waals surface area (Å²) in [5, 5.41) is 15.1. The summed E-state index contributed by atoms with van der Waals surface area (Å²) < 4.78 is 9.39. The molecule has 2 amide bonds. The number of hydrogen-bond acceptors (Lipinski definition) is 9. The Kier molecular flexibility index (Phi) is 22.3. The first-order valence-corrected chi connectivity index (χ1v) is 28.4. The quantitative estimate of drug-likeness (QED) is 0.0371. The van der Waals surface area contributed by atoms with Crippen LogP contribution in [0.15, 0.2) is 194 Å². The number of carbonyl (C=O) groups excluding carboxylic acids is 3. The van der Waals surface area contributed by atoms with Crippen LogP contribution in [0.2, 0.25) is 0 Å². The van der Waals surface area contributed by atoms with Gasteiger partial charge < -0.3 is 39.4 Å². The summed E-state index contributed by atoms with van der Waals surface area (Å²) in [6.45, 7) is 18.3. The summed E-state index contributed by atoms with van der Waals surface area (Å²) in [6, 6.07) is 58.9. The van der Waals surface area contributed by atoms with Crippen LogP contribution in [0.3, 0.4) is 0 Å². The van der Waals surface area contributed by atoms with Crippen molar-refractivity contribution in [2.75, 3.05) is 45.9 Å². The van der Waals surface area contributed by atoms with Gasteiger partial charge in [0.25, 0.3) is 11.8 Å². The Bertz CT molecular complexity index is 3230. The Labute approximate surface area is 484 Å². The first-order valence-electron chi connectivity index (χ1n) is 28.4. The molecule has 6 aromatic carbocycles. The minimum Gasteiger partial charge on any atom is -0.480 e. The van der Waals surface area contributed by atoms with Crippen LogP contribution in [0.1, 0.15) is 117 Å². The van der Waals surface area contributed by atoms with Gasteiger partial charge in [-0.3, -0.25) is 19.2 Å². The van der Waals surface area contributed by atoms with Crippen molar-refractivity contribution in [1.82, 2.24) is 39.5 Å². The predicted molar refractivity (Wildman–Crippen MR) is 325 cm³/mol. The van der Waals surface area contributed by atoms with Crippen molar-refractivity contribution in [3.63, 3.8) is 0 Å². The maximum Gasteiger partial charge on any atom is 0.319 e. The van der Waals surface area contributed by atoms with Crippen LogP contribution in [0.5, 0.6) is 0 Å². The molecule has 0 bridgehead atoms. The van der Waals surface area contributed by atoms with Gasteiger partial charge in [-0.15, -0.1) is 0 Å². The zero-order valence-corrected chi connectivity index (χ0v) is 48.6. The number of ether oxygens (including phenoxy) is 1. The Hall–Kier alpha value is -8.46. The van der Waals surface area contributed by atoms with Gasteiger partial charge in [0.15, 0.2) is 0 Å². The Morgan fingerprint density at radius 1 is 0.512 bits per heavy atom. The Morgan fingerprint density at radius 2 is 0.854 bits per heavy atom. The number of amides is 2. The number of aromatic nitrogens is 4. The third-order valence-electron chi connectivity index (χ3n) is 13.8. The first-order chi connectivity index (χ1) is 39.5. The molecule has 0 radical (unpaired) electrons. The lowest BCUT2D eigenvalue weighted by Crippen LogP contribution is -2.43. The van der Waals surface area contributed by atoms with Crippen molar-refractivity contribution >= 4 is 23.8 Å². The van der Waals surface area contributed by atoms with Crippen LogP contribution in [-0.2, 0) is 27.4 Å². The van der Waals surface area contributed by atoms with E-state index in [9.17, 15) is 19.2 Å². The summed E-state index contributed by atoms with van der Waals surface area (Å²) in [4.78, 5) is 65.4. The van der Waals surface area contributed by atoms with E-state index in [0.29, 0.717) is 69.8 Å². The molecule has 0 spiro atoms. The molecule has 0 aliphatic carbocycles. The lowest BCUT2D eigenvalue weighted by atomic mass is 9.84. The molecule has 0 aliphatic heterocycles. The molecule has 2 atom stereocenters. The van der Waals surface area contributed by atoms with E-state index in [0.717, 1.165) is 45.3 Å². The van der Waals surface area contributed by atoms with Gasteiger partial charge in [0, 0.05) is 60.8 Å². The fourth-order valence-electron chi connectivity index (χ4n) is 10.1. The number of rotatable bonds is 25. The number of benzene rings is 6. The molecule has 0 fully saturated rings.